The van der Waals surface area contributed by atoms with Crippen LogP contribution in [0.4, 0.5) is 5.69 Å². The number of carbonyl (C=O) groups excluding carboxylic acids is 1. The van der Waals surface area contributed by atoms with Gasteiger partial charge >= 0.3 is 0 Å². The number of anilines is 1. The van der Waals surface area contributed by atoms with Crippen LogP contribution in [0.25, 0.3) is 0 Å². The second-order valence-electron chi connectivity index (χ2n) is 4.48. The number of carbonyl (C=O) groups is 1. The first kappa shape index (κ1) is 13.8. The predicted molar refractivity (Wildman–Crippen MR) is 80.4 cm³/mol. The van der Waals surface area contributed by atoms with E-state index in [-0.39, 0.29) is 18.0 Å². The molecule has 3 nitrogen and oxygen atoms in total. The van der Waals surface area contributed by atoms with E-state index < -0.39 is 0 Å². The second kappa shape index (κ2) is 6.50. The molecule has 0 aliphatic rings. The SMILES string of the molecule is CC(N[C@H](C)c1cccs1)C(=O)Nc1ccccc1. The highest BCUT2D eigenvalue weighted by atomic mass is 32.1. The van der Waals surface area contributed by atoms with Crippen LogP contribution in [0.2, 0.25) is 0 Å². The standard InChI is InChI=1S/C15H18N2OS/c1-11(14-9-6-10-19-14)16-12(2)15(18)17-13-7-4-3-5-8-13/h3-12,16H,1-2H3,(H,17,18)/t11-,12?/m1/s1. The van der Waals surface area contributed by atoms with Crippen molar-refractivity contribution in [3.63, 3.8) is 0 Å². The zero-order valence-electron chi connectivity index (χ0n) is 11.1. The molecule has 1 aromatic heterocycles. The zero-order chi connectivity index (χ0) is 13.7. The third-order valence-electron chi connectivity index (χ3n) is 2.90. The van der Waals surface area contributed by atoms with Crippen molar-refractivity contribution in [3.05, 3.63) is 52.7 Å². The smallest absolute Gasteiger partial charge is 0.241 e. The van der Waals surface area contributed by atoms with Crippen LogP contribution in [0.1, 0.15) is 24.8 Å². The third-order valence-corrected chi connectivity index (χ3v) is 3.96. The minimum Gasteiger partial charge on any atom is -0.325 e. The number of rotatable bonds is 5. The van der Waals surface area contributed by atoms with Gasteiger partial charge in [0.1, 0.15) is 0 Å². The molecular formula is C15H18N2OS. The summed E-state index contributed by atoms with van der Waals surface area (Å²) in [5.74, 6) is -0.0189. The largest absolute Gasteiger partial charge is 0.325 e. The van der Waals surface area contributed by atoms with Crippen molar-refractivity contribution in [2.24, 2.45) is 0 Å². The van der Waals surface area contributed by atoms with Crippen LogP contribution >= 0.6 is 11.3 Å². The Kier molecular flexibility index (Phi) is 4.71. The van der Waals surface area contributed by atoms with E-state index in [0.717, 1.165) is 5.69 Å². The first-order valence-corrected chi connectivity index (χ1v) is 7.20. The number of amides is 1. The van der Waals surface area contributed by atoms with Crippen LogP contribution in [-0.4, -0.2) is 11.9 Å². The number of nitrogens with one attached hydrogen (secondary N) is 2. The fourth-order valence-electron chi connectivity index (χ4n) is 1.84. The van der Waals surface area contributed by atoms with Gasteiger partial charge in [-0.2, -0.15) is 0 Å². The molecule has 1 aromatic carbocycles. The minimum atomic E-state index is -0.239. The number of benzene rings is 1. The highest BCUT2D eigenvalue weighted by Crippen LogP contribution is 2.18. The van der Waals surface area contributed by atoms with E-state index in [1.165, 1.54) is 4.88 Å². The summed E-state index contributed by atoms with van der Waals surface area (Å²) in [6.45, 7) is 3.94. The van der Waals surface area contributed by atoms with Gasteiger partial charge in [-0.25, -0.2) is 0 Å². The lowest BCUT2D eigenvalue weighted by Gasteiger charge is -2.18. The summed E-state index contributed by atoms with van der Waals surface area (Å²) in [4.78, 5) is 13.3. The Morgan fingerprint density at radius 3 is 2.47 bits per heavy atom. The van der Waals surface area contributed by atoms with Crippen LogP contribution in [-0.2, 0) is 4.79 Å². The van der Waals surface area contributed by atoms with Gasteiger partial charge in [-0.15, -0.1) is 11.3 Å². The van der Waals surface area contributed by atoms with Crippen LogP contribution in [0, 0.1) is 0 Å². The molecule has 1 amide bonds. The van der Waals surface area contributed by atoms with Gasteiger partial charge in [0, 0.05) is 16.6 Å². The van der Waals surface area contributed by atoms with Gasteiger partial charge in [0.15, 0.2) is 0 Å². The van der Waals surface area contributed by atoms with E-state index in [0.29, 0.717) is 0 Å². The average Bonchev–Trinajstić information content (AvgIpc) is 2.93. The fourth-order valence-corrected chi connectivity index (χ4v) is 2.59. The van der Waals surface area contributed by atoms with Crippen molar-refractivity contribution < 1.29 is 4.79 Å². The van der Waals surface area contributed by atoms with Gasteiger partial charge in [-0.05, 0) is 37.4 Å². The highest BCUT2D eigenvalue weighted by Gasteiger charge is 2.16. The van der Waals surface area contributed by atoms with Gasteiger partial charge in [0.25, 0.3) is 0 Å². The topological polar surface area (TPSA) is 41.1 Å². The molecule has 4 heteroatoms. The van der Waals surface area contributed by atoms with Gasteiger partial charge in [0.2, 0.25) is 5.91 Å². The summed E-state index contributed by atoms with van der Waals surface area (Å²) in [6, 6.07) is 13.5. The Hall–Kier alpha value is -1.65. The molecule has 0 radical (unpaired) electrons. The quantitative estimate of drug-likeness (QED) is 0.877. The molecular weight excluding hydrogens is 256 g/mol. The van der Waals surface area contributed by atoms with Crippen LogP contribution in [0.3, 0.4) is 0 Å². The normalized spacial score (nSPS) is 13.8. The van der Waals surface area contributed by atoms with Crippen molar-refractivity contribution in [1.29, 1.82) is 0 Å². The van der Waals surface area contributed by atoms with Crippen molar-refractivity contribution in [2.75, 3.05) is 5.32 Å². The van der Waals surface area contributed by atoms with Gasteiger partial charge in [-0.3, -0.25) is 10.1 Å². The van der Waals surface area contributed by atoms with Crippen molar-refractivity contribution in [2.45, 2.75) is 25.9 Å². The first-order chi connectivity index (χ1) is 9.16. The summed E-state index contributed by atoms with van der Waals surface area (Å²) < 4.78 is 0. The Labute approximate surface area is 117 Å². The molecule has 0 aliphatic heterocycles. The molecule has 2 rings (SSSR count). The molecule has 19 heavy (non-hydrogen) atoms. The van der Waals surface area contributed by atoms with Crippen molar-refractivity contribution in [1.82, 2.24) is 5.32 Å². The van der Waals surface area contributed by atoms with Gasteiger partial charge in [-0.1, -0.05) is 24.3 Å². The summed E-state index contributed by atoms with van der Waals surface area (Å²) in [5, 5.41) is 8.24. The summed E-state index contributed by atoms with van der Waals surface area (Å²) in [7, 11) is 0. The molecule has 2 N–H and O–H groups in total. The van der Waals surface area contributed by atoms with Crippen LogP contribution in [0.5, 0.6) is 0 Å². The Bertz CT molecular complexity index is 510. The number of thiophene rings is 1. The lowest BCUT2D eigenvalue weighted by molar-refractivity contribution is -0.117. The Balaban J connectivity index is 1.89. The number of hydrogen-bond acceptors (Lipinski definition) is 3. The van der Waals surface area contributed by atoms with E-state index in [2.05, 4.69) is 23.6 Å². The van der Waals surface area contributed by atoms with Gasteiger partial charge < -0.3 is 5.32 Å². The van der Waals surface area contributed by atoms with E-state index in [9.17, 15) is 4.79 Å². The molecule has 2 atom stereocenters. The van der Waals surface area contributed by atoms with Gasteiger partial charge in [0.05, 0.1) is 6.04 Å². The number of para-hydroxylation sites is 1. The van der Waals surface area contributed by atoms with Crippen LogP contribution in [0.15, 0.2) is 47.8 Å². The zero-order valence-corrected chi connectivity index (χ0v) is 11.9. The summed E-state index contributed by atoms with van der Waals surface area (Å²) in [5.41, 5.74) is 0.824. The molecule has 100 valence electrons. The fraction of sp³-hybridized carbons (Fsp3) is 0.267. The van der Waals surface area contributed by atoms with E-state index >= 15 is 0 Å². The summed E-state index contributed by atoms with van der Waals surface area (Å²) >= 11 is 1.69. The molecule has 1 unspecified atom stereocenters. The number of hydrogen-bond donors (Lipinski definition) is 2. The van der Waals surface area contributed by atoms with Crippen LogP contribution < -0.4 is 10.6 Å². The maximum absolute atomic E-state index is 12.0. The third kappa shape index (κ3) is 3.91. The average molecular weight is 274 g/mol. The molecule has 0 spiro atoms. The van der Waals surface area contributed by atoms with Crippen molar-refractivity contribution >= 4 is 22.9 Å². The Morgan fingerprint density at radius 1 is 1.11 bits per heavy atom. The minimum absolute atomic E-state index is 0.0189. The Morgan fingerprint density at radius 2 is 1.84 bits per heavy atom. The maximum Gasteiger partial charge on any atom is 0.241 e. The molecule has 0 saturated carbocycles. The molecule has 2 aromatic rings. The first-order valence-electron chi connectivity index (χ1n) is 6.32. The lowest BCUT2D eigenvalue weighted by atomic mass is 10.2. The van der Waals surface area contributed by atoms with E-state index in [4.69, 9.17) is 0 Å². The lowest BCUT2D eigenvalue weighted by Crippen LogP contribution is -2.39. The molecule has 0 saturated heterocycles. The van der Waals surface area contributed by atoms with E-state index in [1.807, 2.05) is 48.7 Å². The second-order valence-corrected chi connectivity index (χ2v) is 5.46. The molecule has 0 bridgehead atoms. The monoisotopic (exact) mass is 274 g/mol. The highest BCUT2D eigenvalue weighted by molar-refractivity contribution is 7.10. The molecule has 0 aliphatic carbocycles. The van der Waals surface area contributed by atoms with E-state index in [1.54, 1.807) is 11.3 Å². The maximum atomic E-state index is 12.0. The van der Waals surface area contributed by atoms with Crippen molar-refractivity contribution in [3.8, 4) is 0 Å². The molecule has 0 fully saturated rings. The molecule has 1 heterocycles. The predicted octanol–water partition coefficient (Wildman–Crippen LogP) is 3.43. The summed E-state index contributed by atoms with van der Waals surface area (Å²) in [6.07, 6.45) is 0.